The molecule has 0 spiro atoms. The van der Waals surface area contributed by atoms with Gasteiger partial charge in [0.2, 0.25) is 0 Å². The van der Waals surface area contributed by atoms with Gasteiger partial charge in [0.25, 0.3) is 0 Å². The van der Waals surface area contributed by atoms with Gasteiger partial charge in [-0.05, 0) is 59.9 Å². The van der Waals surface area contributed by atoms with Gasteiger partial charge < -0.3 is 15.2 Å². The first kappa shape index (κ1) is 28.7. The van der Waals surface area contributed by atoms with Crippen molar-refractivity contribution in [2.24, 2.45) is 0 Å². The number of ether oxygens (including phenoxy) is 1. The van der Waals surface area contributed by atoms with E-state index in [0.717, 1.165) is 40.8 Å². The average molecular weight is 521 g/mol. The number of urea groups is 1. The van der Waals surface area contributed by atoms with Crippen molar-refractivity contribution in [1.29, 1.82) is 0 Å². The minimum Gasteiger partial charge on any atom is -0.488 e. The first-order valence-electron chi connectivity index (χ1n) is 13.2. The molecule has 0 aliphatic heterocycles. The Morgan fingerprint density at radius 3 is 2.42 bits per heavy atom. The van der Waals surface area contributed by atoms with Gasteiger partial charge in [-0.2, -0.15) is 0 Å². The van der Waals surface area contributed by atoms with E-state index in [1.165, 1.54) is 31.4 Å². The lowest BCUT2D eigenvalue weighted by Gasteiger charge is -2.20. The Morgan fingerprint density at radius 1 is 0.947 bits per heavy atom. The summed E-state index contributed by atoms with van der Waals surface area (Å²) in [5.74, 6) is -0.585. The number of benzene rings is 3. The molecule has 0 saturated carbocycles. The number of carbonyl (C=O) groups is 2. The van der Waals surface area contributed by atoms with Gasteiger partial charge in [0.15, 0.2) is 0 Å². The minimum atomic E-state index is -0.863. The zero-order chi connectivity index (χ0) is 27.3. The summed E-state index contributed by atoms with van der Waals surface area (Å²) < 4.78 is 19.5. The first-order valence-corrected chi connectivity index (χ1v) is 13.2. The first-order chi connectivity index (χ1) is 18.4. The molecule has 0 heterocycles. The lowest BCUT2D eigenvalue weighted by atomic mass is 10.00. The standard InChI is InChI=1S/C31H37FN2O4/c1-3-4-5-6-7-19-33-31(37)34(2)27-10-8-9-25(21-27)28-17-13-23(14-18-30(35)36)20-29(28)38-22-24-11-15-26(32)16-12-24/h8-13,15-17,20-21H,3-7,14,18-19,22H2,1-2H3,(H,33,37)(H,35,36). The van der Waals surface area contributed by atoms with Gasteiger partial charge in [0.05, 0.1) is 0 Å². The van der Waals surface area contributed by atoms with Crippen LogP contribution in [0.15, 0.2) is 66.7 Å². The molecule has 0 unspecified atom stereocenters. The molecule has 0 aliphatic rings. The number of carbonyl (C=O) groups excluding carboxylic acids is 1. The van der Waals surface area contributed by atoms with E-state index in [0.29, 0.717) is 18.7 Å². The fraction of sp³-hybridized carbons (Fsp3) is 0.355. The Labute approximate surface area is 224 Å². The van der Waals surface area contributed by atoms with Crippen LogP contribution in [0.25, 0.3) is 11.1 Å². The maximum Gasteiger partial charge on any atom is 0.321 e. The molecule has 3 rings (SSSR count). The van der Waals surface area contributed by atoms with Crippen molar-refractivity contribution in [3.63, 3.8) is 0 Å². The number of anilines is 1. The molecule has 0 saturated heterocycles. The molecule has 0 fully saturated rings. The van der Waals surface area contributed by atoms with E-state index in [9.17, 15) is 14.0 Å². The summed E-state index contributed by atoms with van der Waals surface area (Å²) in [6.07, 6.45) is 6.06. The Kier molecular flexibility index (Phi) is 11.1. The van der Waals surface area contributed by atoms with E-state index in [1.54, 1.807) is 24.1 Å². The third kappa shape index (κ3) is 8.91. The molecule has 7 heteroatoms. The molecule has 0 aliphatic carbocycles. The summed E-state index contributed by atoms with van der Waals surface area (Å²) in [5, 5.41) is 12.1. The third-order valence-corrected chi connectivity index (χ3v) is 6.39. The van der Waals surface area contributed by atoms with E-state index >= 15 is 0 Å². The van der Waals surface area contributed by atoms with Crippen LogP contribution in [0.1, 0.15) is 56.6 Å². The molecule has 3 aromatic rings. The number of aryl methyl sites for hydroxylation is 1. The summed E-state index contributed by atoms with van der Waals surface area (Å²) in [7, 11) is 1.74. The van der Waals surface area contributed by atoms with Gasteiger partial charge in [-0.15, -0.1) is 0 Å². The monoisotopic (exact) mass is 520 g/mol. The lowest BCUT2D eigenvalue weighted by Crippen LogP contribution is -2.37. The molecule has 2 amide bonds. The van der Waals surface area contributed by atoms with Crippen molar-refractivity contribution >= 4 is 17.7 Å². The maximum absolute atomic E-state index is 13.3. The average Bonchev–Trinajstić information content (AvgIpc) is 2.93. The van der Waals surface area contributed by atoms with Crippen LogP contribution in [0.4, 0.5) is 14.9 Å². The van der Waals surface area contributed by atoms with Crippen LogP contribution in [-0.2, 0) is 17.8 Å². The van der Waals surface area contributed by atoms with E-state index in [-0.39, 0.29) is 24.9 Å². The number of nitrogens with one attached hydrogen (secondary N) is 1. The molecule has 202 valence electrons. The van der Waals surface area contributed by atoms with Crippen molar-refractivity contribution in [3.8, 4) is 16.9 Å². The molecule has 6 nitrogen and oxygen atoms in total. The van der Waals surface area contributed by atoms with E-state index in [2.05, 4.69) is 12.2 Å². The summed E-state index contributed by atoms with van der Waals surface area (Å²) in [6.45, 7) is 3.06. The van der Waals surface area contributed by atoms with E-state index in [4.69, 9.17) is 9.84 Å². The highest BCUT2D eigenvalue weighted by Gasteiger charge is 2.14. The van der Waals surface area contributed by atoms with Gasteiger partial charge in [0, 0.05) is 31.3 Å². The highest BCUT2D eigenvalue weighted by molar-refractivity contribution is 5.92. The lowest BCUT2D eigenvalue weighted by molar-refractivity contribution is -0.136. The van der Waals surface area contributed by atoms with Crippen LogP contribution >= 0.6 is 0 Å². The van der Waals surface area contributed by atoms with Gasteiger partial charge in [0.1, 0.15) is 18.2 Å². The van der Waals surface area contributed by atoms with Crippen LogP contribution in [0.3, 0.4) is 0 Å². The largest absolute Gasteiger partial charge is 0.488 e. The Bertz CT molecular complexity index is 1200. The van der Waals surface area contributed by atoms with Gasteiger partial charge >= 0.3 is 12.0 Å². The van der Waals surface area contributed by atoms with Crippen LogP contribution in [0, 0.1) is 5.82 Å². The number of unbranched alkanes of at least 4 members (excludes halogenated alkanes) is 4. The zero-order valence-electron chi connectivity index (χ0n) is 22.2. The number of carboxylic acid groups (broad SMARTS) is 1. The Hall–Kier alpha value is -3.87. The smallest absolute Gasteiger partial charge is 0.321 e. The summed E-state index contributed by atoms with van der Waals surface area (Å²) >= 11 is 0. The number of aliphatic carboxylic acids is 1. The topological polar surface area (TPSA) is 78.9 Å². The predicted octanol–water partition coefficient (Wildman–Crippen LogP) is 7.21. The number of amides is 2. The number of hydrogen-bond acceptors (Lipinski definition) is 3. The highest BCUT2D eigenvalue weighted by Crippen LogP contribution is 2.34. The molecule has 0 bridgehead atoms. The minimum absolute atomic E-state index is 0.0186. The molecular weight excluding hydrogens is 483 g/mol. The Balaban J connectivity index is 1.77. The summed E-state index contributed by atoms with van der Waals surface area (Å²) in [5.41, 5.74) is 4.08. The summed E-state index contributed by atoms with van der Waals surface area (Å²) in [4.78, 5) is 25.4. The van der Waals surface area contributed by atoms with E-state index in [1.807, 2.05) is 42.5 Å². The van der Waals surface area contributed by atoms with Gasteiger partial charge in [-0.25, -0.2) is 9.18 Å². The SMILES string of the molecule is CCCCCCCNC(=O)N(C)c1cccc(-c2ccc(CCC(=O)O)cc2OCc2ccc(F)cc2)c1. The molecule has 38 heavy (non-hydrogen) atoms. The van der Waals surface area contributed by atoms with E-state index < -0.39 is 5.97 Å². The van der Waals surface area contributed by atoms with Crippen molar-refractivity contribution < 1.29 is 23.8 Å². The quantitative estimate of drug-likeness (QED) is 0.220. The number of rotatable bonds is 14. The van der Waals surface area contributed by atoms with Gasteiger partial charge in [-0.3, -0.25) is 9.69 Å². The zero-order valence-corrected chi connectivity index (χ0v) is 22.2. The predicted molar refractivity (Wildman–Crippen MR) is 149 cm³/mol. The number of nitrogens with zero attached hydrogens (tertiary/aromatic N) is 1. The van der Waals surface area contributed by atoms with Crippen molar-refractivity contribution in [2.45, 2.75) is 58.5 Å². The molecule has 0 radical (unpaired) electrons. The van der Waals surface area contributed by atoms with Crippen LogP contribution < -0.4 is 15.0 Å². The highest BCUT2D eigenvalue weighted by atomic mass is 19.1. The molecule has 0 atom stereocenters. The second kappa shape index (κ2) is 14.8. The van der Waals surface area contributed by atoms with Crippen LogP contribution in [0.2, 0.25) is 0 Å². The van der Waals surface area contributed by atoms with Crippen molar-refractivity contribution in [2.75, 3.05) is 18.5 Å². The maximum atomic E-state index is 13.3. The fourth-order valence-electron chi connectivity index (χ4n) is 4.11. The van der Waals surface area contributed by atoms with Crippen LogP contribution in [0.5, 0.6) is 5.75 Å². The van der Waals surface area contributed by atoms with Crippen molar-refractivity contribution in [3.05, 3.63) is 83.7 Å². The molecular formula is C31H37FN2O4. The Morgan fingerprint density at radius 2 is 1.68 bits per heavy atom. The second-order valence-corrected chi connectivity index (χ2v) is 9.39. The summed E-state index contributed by atoms with van der Waals surface area (Å²) in [6, 6.07) is 19.2. The second-order valence-electron chi connectivity index (χ2n) is 9.39. The number of halogens is 1. The number of hydrogen-bond donors (Lipinski definition) is 2. The van der Waals surface area contributed by atoms with Gasteiger partial charge in [-0.1, -0.05) is 69.0 Å². The van der Waals surface area contributed by atoms with Crippen LogP contribution in [-0.4, -0.2) is 30.7 Å². The van der Waals surface area contributed by atoms with Crippen molar-refractivity contribution in [1.82, 2.24) is 5.32 Å². The fourth-order valence-corrected chi connectivity index (χ4v) is 4.11. The molecule has 3 aromatic carbocycles. The molecule has 0 aromatic heterocycles. The normalized spacial score (nSPS) is 10.7. The third-order valence-electron chi connectivity index (χ3n) is 6.39. The number of carboxylic acids is 1. The molecule has 2 N–H and O–H groups in total.